The van der Waals surface area contributed by atoms with Gasteiger partial charge in [0.05, 0.1) is 19.4 Å². The summed E-state index contributed by atoms with van der Waals surface area (Å²) in [5.74, 6) is 0.602. The van der Waals surface area contributed by atoms with Gasteiger partial charge in [-0.1, -0.05) is 23.7 Å². The van der Waals surface area contributed by atoms with Crippen LogP contribution in [0.1, 0.15) is 28.4 Å². The van der Waals surface area contributed by atoms with Crippen LogP contribution in [0.3, 0.4) is 0 Å². The fourth-order valence-corrected chi connectivity index (χ4v) is 2.87. The van der Waals surface area contributed by atoms with Crippen LogP contribution in [0.25, 0.3) is 0 Å². The lowest BCUT2D eigenvalue weighted by atomic mass is 10.2. The number of rotatable bonds is 10. The molecule has 3 rings (SSSR count). The van der Waals surface area contributed by atoms with Gasteiger partial charge in [0.2, 0.25) is 0 Å². The SMILES string of the molecule is CCOc1ccc(C(=O)NCC(=O)N/N=C\c2ccc(OCc3ccc(Cl)cc3)cc2)cc1. The molecule has 8 heteroatoms. The summed E-state index contributed by atoms with van der Waals surface area (Å²) in [6.07, 6.45) is 1.51. The minimum Gasteiger partial charge on any atom is -0.494 e. The van der Waals surface area contributed by atoms with Gasteiger partial charge < -0.3 is 14.8 Å². The summed E-state index contributed by atoms with van der Waals surface area (Å²) in [6, 6.07) is 21.4. The molecule has 0 unspecified atom stereocenters. The van der Waals surface area contributed by atoms with Gasteiger partial charge in [0, 0.05) is 10.6 Å². The molecular formula is C25H24ClN3O4. The van der Waals surface area contributed by atoms with E-state index in [1.807, 2.05) is 55.5 Å². The highest BCUT2D eigenvalue weighted by Gasteiger charge is 2.07. The Morgan fingerprint density at radius 1 is 0.909 bits per heavy atom. The number of ether oxygens (including phenoxy) is 2. The third-order valence-corrected chi connectivity index (χ3v) is 4.69. The number of carbonyl (C=O) groups excluding carboxylic acids is 2. The van der Waals surface area contributed by atoms with E-state index in [1.54, 1.807) is 24.3 Å². The lowest BCUT2D eigenvalue weighted by molar-refractivity contribution is -0.120. The summed E-state index contributed by atoms with van der Waals surface area (Å²) in [7, 11) is 0. The van der Waals surface area contributed by atoms with E-state index in [1.165, 1.54) is 6.21 Å². The second-order valence-corrected chi connectivity index (χ2v) is 7.35. The average Bonchev–Trinajstić information content (AvgIpc) is 2.84. The molecule has 0 aliphatic heterocycles. The van der Waals surface area contributed by atoms with Crippen LogP contribution in [0.5, 0.6) is 11.5 Å². The van der Waals surface area contributed by atoms with Crippen molar-refractivity contribution in [2.24, 2.45) is 5.10 Å². The van der Waals surface area contributed by atoms with Crippen molar-refractivity contribution in [2.45, 2.75) is 13.5 Å². The van der Waals surface area contributed by atoms with E-state index in [-0.39, 0.29) is 12.5 Å². The molecule has 3 aromatic rings. The Hall–Kier alpha value is -3.84. The lowest BCUT2D eigenvalue weighted by Gasteiger charge is -2.07. The van der Waals surface area contributed by atoms with Gasteiger partial charge in [-0.15, -0.1) is 0 Å². The number of nitrogens with zero attached hydrogens (tertiary/aromatic N) is 1. The van der Waals surface area contributed by atoms with Gasteiger partial charge in [-0.2, -0.15) is 5.10 Å². The van der Waals surface area contributed by atoms with Crippen LogP contribution in [-0.2, 0) is 11.4 Å². The van der Waals surface area contributed by atoms with Crippen molar-refractivity contribution in [3.63, 3.8) is 0 Å². The number of amides is 2. The van der Waals surface area contributed by atoms with Crippen LogP contribution in [-0.4, -0.2) is 31.2 Å². The van der Waals surface area contributed by atoms with Gasteiger partial charge in [0.1, 0.15) is 18.1 Å². The van der Waals surface area contributed by atoms with Crippen LogP contribution in [0, 0.1) is 0 Å². The first-order chi connectivity index (χ1) is 16.0. The predicted octanol–water partition coefficient (Wildman–Crippen LogP) is 4.20. The van der Waals surface area contributed by atoms with Crippen molar-refractivity contribution >= 4 is 29.6 Å². The summed E-state index contributed by atoms with van der Waals surface area (Å²) in [5, 5.41) is 7.14. The summed E-state index contributed by atoms with van der Waals surface area (Å²) >= 11 is 5.88. The van der Waals surface area contributed by atoms with Crippen molar-refractivity contribution in [1.82, 2.24) is 10.7 Å². The van der Waals surface area contributed by atoms with E-state index in [4.69, 9.17) is 21.1 Å². The third kappa shape index (κ3) is 7.97. The first-order valence-electron chi connectivity index (χ1n) is 10.3. The quantitative estimate of drug-likeness (QED) is 0.347. The molecule has 170 valence electrons. The van der Waals surface area contributed by atoms with E-state index < -0.39 is 5.91 Å². The van der Waals surface area contributed by atoms with Crippen LogP contribution >= 0.6 is 11.6 Å². The monoisotopic (exact) mass is 465 g/mol. The molecule has 0 bridgehead atoms. The number of hydrogen-bond acceptors (Lipinski definition) is 5. The summed E-state index contributed by atoms with van der Waals surface area (Å²) in [5.41, 5.74) is 4.62. The molecule has 2 N–H and O–H groups in total. The third-order valence-electron chi connectivity index (χ3n) is 4.44. The average molecular weight is 466 g/mol. The van der Waals surface area contributed by atoms with Crippen molar-refractivity contribution in [3.05, 3.63) is 94.5 Å². The minimum atomic E-state index is -0.437. The number of hydrazone groups is 1. The maximum Gasteiger partial charge on any atom is 0.259 e. The Balaban J connectivity index is 1.39. The Morgan fingerprint density at radius 3 is 2.21 bits per heavy atom. The molecule has 0 fully saturated rings. The van der Waals surface area contributed by atoms with E-state index >= 15 is 0 Å². The molecule has 0 radical (unpaired) electrons. The molecule has 0 aromatic heterocycles. The van der Waals surface area contributed by atoms with Crippen LogP contribution in [0.2, 0.25) is 5.02 Å². The Bertz CT molecular complexity index is 1080. The molecule has 7 nitrogen and oxygen atoms in total. The van der Waals surface area contributed by atoms with Crippen molar-refractivity contribution < 1.29 is 19.1 Å². The van der Waals surface area contributed by atoms with E-state index in [2.05, 4.69) is 15.8 Å². The number of hydrogen-bond donors (Lipinski definition) is 2. The van der Waals surface area contributed by atoms with Gasteiger partial charge in [0.25, 0.3) is 11.8 Å². The molecule has 0 saturated heterocycles. The van der Waals surface area contributed by atoms with Crippen molar-refractivity contribution in [1.29, 1.82) is 0 Å². The standard InChI is InChI=1S/C25H24ClN3O4/c1-2-32-22-13-7-20(8-14-22)25(31)27-16-24(30)29-28-15-18-5-11-23(12-6-18)33-17-19-3-9-21(26)10-4-19/h3-15H,2,16-17H2,1H3,(H,27,31)(H,29,30)/b28-15-. The minimum absolute atomic E-state index is 0.194. The number of halogens is 1. The smallest absolute Gasteiger partial charge is 0.259 e. The molecule has 0 aliphatic rings. The van der Waals surface area contributed by atoms with Gasteiger partial charge in [-0.05, 0) is 78.7 Å². The molecule has 0 aliphatic carbocycles. The van der Waals surface area contributed by atoms with Crippen LogP contribution < -0.4 is 20.2 Å². The zero-order chi connectivity index (χ0) is 23.5. The summed E-state index contributed by atoms with van der Waals surface area (Å²) in [6.45, 7) is 2.67. The second-order valence-electron chi connectivity index (χ2n) is 6.92. The fraction of sp³-hybridized carbons (Fsp3) is 0.160. The van der Waals surface area contributed by atoms with Gasteiger partial charge in [-0.25, -0.2) is 5.43 Å². The van der Waals surface area contributed by atoms with Crippen LogP contribution in [0.4, 0.5) is 0 Å². The molecule has 0 heterocycles. The topological polar surface area (TPSA) is 89.0 Å². The Kier molecular flexibility index (Phi) is 8.85. The van der Waals surface area contributed by atoms with Crippen molar-refractivity contribution in [3.8, 4) is 11.5 Å². The van der Waals surface area contributed by atoms with Gasteiger partial charge in [0.15, 0.2) is 0 Å². The molecule has 0 spiro atoms. The highest BCUT2D eigenvalue weighted by Crippen LogP contribution is 2.15. The maximum absolute atomic E-state index is 12.1. The van der Waals surface area contributed by atoms with Gasteiger partial charge in [-0.3, -0.25) is 9.59 Å². The van der Waals surface area contributed by atoms with Crippen molar-refractivity contribution in [2.75, 3.05) is 13.2 Å². The zero-order valence-electron chi connectivity index (χ0n) is 18.1. The lowest BCUT2D eigenvalue weighted by Crippen LogP contribution is -2.34. The normalized spacial score (nSPS) is 10.6. The molecule has 3 aromatic carbocycles. The molecule has 33 heavy (non-hydrogen) atoms. The van der Waals surface area contributed by atoms with E-state index in [9.17, 15) is 9.59 Å². The Morgan fingerprint density at radius 2 is 1.55 bits per heavy atom. The Labute approximate surface area is 197 Å². The van der Waals surface area contributed by atoms with Crippen LogP contribution in [0.15, 0.2) is 77.9 Å². The highest BCUT2D eigenvalue weighted by molar-refractivity contribution is 6.30. The molecule has 0 atom stereocenters. The number of nitrogens with one attached hydrogen (secondary N) is 2. The van der Waals surface area contributed by atoms with E-state index in [0.717, 1.165) is 11.1 Å². The number of benzene rings is 3. The van der Waals surface area contributed by atoms with Gasteiger partial charge >= 0.3 is 0 Å². The highest BCUT2D eigenvalue weighted by atomic mass is 35.5. The summed E-state index contributed by atoms with van der Waals surface area (Å²) in [4.78, 5) is 24.0. The number of carbonyl (C=O) groups is 2. The molecule has 0 saturated carbocycles. The first-order valence-corrected chi connectivity index (χ1v) is 10.7. The second kappa shape index (κ2) is 12.3. The molecule has 2 amide bonds. The predicted molar refractivity (Wildman–Crippen MR) is 128 cm³/mol. The summed E-state index contributed by atoms with van der Waals surface area (Å²) < 4.78 is 11.1. The maximum atomic E-state index is 12.1. The fourth-order valence-electron chi connectivity index (χ4n) is 2.75. The first kappa shape index (κ1) is 23.8. The zero-order valence-corrected chi connectivity index (χ0v) is 18.8. The largest absolute Gasteiger partial charge is 0.494 e. The van der Waals surface area contributed by atoms with E-state index in [0.29, 0.717) is 35.3 Å². The molecular weight excluding hydrogens is 442 g/mol.